The molecule has 0 unspecified atom stereocenters. The van der Waals surface area contributed by atoms with Gasteiger partial charge in [-0.15, -0.1) is 0 Å². The quantitative estimate of drug-likeness (QED) is 0.758. The van der Waals surface area contributed by atoms with E-state index in [1.54, 1.807) is 0 Å². The highest BCUT2D eigenvalue weighted by Gasteiger charge is 2.36. The van der Waals surface area contributed by atoms with Crippen LogP contribution in [0.3, 0.4) is 0 Å². The molecule has 1 aliphatic rings. The van der Waals surface area contributed by atoms with Crippen molar-refractivity contribution >= 4 is 0 Å². The summed E-state index contributed by atoms with van der Waals surface area (Å²) in [4.78, 5) is 0. The van der Waals surface area contributed by atoms with E-state index in [0.717, 1.165) is 31.4 Å². The molecule has 0 heterocycles. The van der Waals surface area contributed by atoms with Crippen molar-refractivity contribution in [1.29, 1.82) is 0 Å². The number of alkyl halides is 3. The van der Waals surface area contributed by atoms with Gasteiger partial charge in [-0.3, -0.25) is 0 Å². The average molecular weight is 262 g/mol. The summed E-state index contributed by atoms with van der Waals surface area (Å²) in [5.74, 6) is -0.978. The van der Waals surface area contributed by atoms with Gasteiger partial charge in [-0.05, 0) is 25.0 Å². The first kappa shape index (κ1) is 13.3. The Morgan fingerprint density at radius 2 is 1.67 bits per heavy atom. The summed E-state index contributed by atoms with van der Waals surface area (Å²) in [7, 11) is 0. The van der Waals surface area contributed by atoms with Crippen molar-refractivity contribution in [1.82, 2.24) is 0 Å². The molecular formula is C13H14F4O. The number of aliphatic hydroxyl groups is 1. The number of hydrogen-bond acceptors (Lipinski definition) is 1. The molecule has 0 aliphatic heterocycles. The summed E-state index contributed by atoms with van der Waals surface area (Å²) >= 11 is 0. The number of halogens is 4. The van der Waals surface area contributed by atoms with Gasteiger partial charge in [0.25, 0.3) is 0 Å². The Morgan fingerprint density at radius 3 is 2.17 bits per heavy atom. The maximum absolute atomic E-state index is 13.8. The van der Waals surface area contributed by atoms with Crippen LogP contribution in [-0.4, -0.2) is 5.11 Å². The monoisotopic (exact) mass is 262 g/mol. The second kappa shape index (κ2) is 4.53. The second-order valence-corrected chi connectivity index (χ2v) is 4.78. The summed E-state index contributed by atoms with van der Waals surface area (Å²) in [5.41, 5.74) is -2.36. The van der Waals surface area contributed by atoms with E-state index in [2.05, 4.69) is 0 Å². The van der Waals surface area contributed by atoms with Crippen molar-refractivity contribution in [2.75, 3.05) is 0 Å². The summed E-state index contributed by atoms with van der Waals surface area (Å²) in [6, 6.07) is 2.34. The van der Waals surface area contributed by atoms with Gasteiger partial charge in [0.15, 0.2) is 0 Å². The zero-order chi connectivity index (χ0) is 13.4. The highest BCUT2D eigenvalue weighted by molar-refractivity contribution is 5.30. The van der Waals surface area contributed by atoms with Gasteiger partial charge >= 0.3 is 6.18 Å². The van der Waals surface area contributed by atoms with Crippen molar-refractivity contribution in [3.8, 4) is 0 Å². The maximum atomic E-state index is 13.8. The molecule has 1 N–H and O–H groups in total. The molecule has 0 spiro atoms. The van der Waals surface area contributed by atoms with E-state index in [0.29, 0.717) is 18.9 Å². The first-order chi connectivity index (χ1) is 8.33. The zero-order valence-electron chi connectivity index (χ0n) is 9.73. The van der Waals surface area contributed by atoms with Crippen molar-refractivity contribution in [2.24, 2.45) is 0 Å². The Morgan fingerprint density at radius 1 is 1.06 bits per heavy atom. The Labute approximate surface area is 102 Å². The minimum absolute atomic E-state index is 0.0183. The van der Waals surface area contributed by atoms with Crippen LogP contribution in [0.1, 0.15) is 43.2 Å². The highest BCUT2D eigenvalue weighted by Crippen LogP contribution is 2.39. The van der Waals surface area contributed by atoms with Gasteiger partial charge in [-0.25, -0.2) is 4.39 Å². The molecule has 2 rings (SSSR count). The van der Waals surface area contributed by atoms with E-state index in [1.807, 2.05) is 0 Å². The van der Waals surface area contributed by atoms with E-state index in [-0.39, 0.29) is 5.56 Å². The van der Waals surface area contributed by atoms with Crippen LogP contribution in [0, 0.1) is 5.82 Å². The molecule has 0 radical (unpaired) electrons. The summed E-state index contributed by atoms with van der Waals surface area (Å²) in [6.07, 6.45) is -1.28. The van der Waals surface area contributed by atoms with Crippen molar-refractivity contribution in [3.05, 3.63) is 35.1 Å². The highest BCUT2D eigenvalue weighted by atomic mass is 19.4. The van der Waals surface area contributed by atoms with Crippen LogP contribution in [0.25, 0.3) is 0 Å². The van der Waals surface area contributed by atoms with Gasteiger partial charge in [-0.2, -0.15) is 13.2 Å². The topological polar surface area (TPSA) is 20.2 Å². The van der Waals surface area contributed by atoms with Gasteiger partial charge in [0.1, 0.15) is 5.82 Å². The molecule has 1 aromatic rings. The van der Waals surface area contributed by atoms with E-state index in [1.165, 1.54) is 0 Å². The van der Waals surface area contributed by atoms with Crippen molar-refractivity contribution in [3.63, 3.8) is 0 Å². The van der Waals surface area contributed by atoms with Crippen LogP contribution < -0.4 is 0 Å². The lowest BCUT2D eigenvalue weighted by Gasteiger charge is -2.32. The summed E-state index contributed by atoms with van der Waals surface area (Å²) < 4.78 is 51.0. The fourth-order valence-corrected chi connectivity index (χ4v) is 2.47. The van der Waals surface area contributed by atoms with Crippen LogP contribution in [0.15, 0.2) is 18.2 Å². The maximum Gasteiger partial charge on any atom is 0.416 e. The third-order valence-corrected chi connectivity index (χ3v) is 3.48. The fourth-order valence-electron chi connectivity index (χ4n) is 2.47. The van der Waals surface area contributed by atoms with Crippen LogP contribution in [0.4, 0.5) is 17.6 Å². The molecular weight excluding hydrogens is 248 g/mol. The smallest absolute Gasteiger partial charge is 0.385 e. The normalized spacial score (nSPS) is 19.8. The van der Waals surface area contributed by atoms with Crippen LogP contribution >= 0.6 is 0 Å². The first-order valence-electron chi connectivity index (χ1n) is 5.92. The number of benzene rings is 1. The van der Waals surface area contributed by atoms with Crippen molar-refractivity contribution in [2.45, 2.75) is 43.9 Å². The average Bonchev–Trinajstić information content (AvgIpc) is 2.28. The predicted molar refractivity (Wildman–Crippen MR) is 58.4 cm³/mol. The predicted octanol–water partition coefficient (Wildman–Crippen LogP) is 4.00. The SMILES string of the molecule is OC1(c2ccc(C(F)(F)F)cc2F)CCCCC1. The Bertz CT molecular complexity index is 433. The number of hydrogen-bond donors (Lipinski definition) is 1. The van der Waals surface area contributed by atoms with Crippen LogP contribution in [0.5, 0.6) is 0 Å². The molecule has 0 bridgehead atoms. The Balaban J connectivity index is 2.35. The second-order valence-electron chi connectivity index (χ2n) is 4.78. The minimum Gasteiger partial charge on any atom is -0.385 e. The first-order valence-corrected chi connectivity index (χ1v) is 5.92. The lowest BCUT2D eigenvalue weighted by Crippen LogP contribution is -2.29. The van der Waals surface area contributed by atoms with Crippen LogP contribution in [0.2, 0.25) is 0 Å². The number of rotatable bonds is 1. The van der Waals surface area contributed by atoms with Gasteiger partial charge in [0.2, 0.25) is 0 Å². The summed E-state index contributed by atoms with van der Waals surface area (Å²) in [6.45, 7) is 0. The van der Waals surface area contributed by atoms with Crippen molar-refractivity contribution < 1.29 is 22.7 Å². The van der Waals surface area contributed by atoms with E-state index >= 15 is 0 Å². The molecule has 1 aromatic carbocycles. The Kier molecular flexibility index (Phi) is 3.36. The molecule has 1 aliphatic carbocycles. The zero-order valence-corrected chi connectivity index (χ0v) is 9.73. The summed E-state index contributed by atoms with van der Waals surface area (Å²) in [5, 5.41) is 10.3. The molecule has 18 heavy (non-hydrogen) atoms. The molecule has 1 saturated carbocycles. The molecule has 0 aromatic heterocycles. The van der Waals surface area contributed by atoms with Gasteiger partial charge < -0.3 is 5.11 Å². The van der Waals surface area contributed by atoms with E-state index in [9.17, 15) is 22.7 Å². The third kappa shape index (κ3) is 2.51. The molecule has 100 valence electrons. The molecule has 5 heteroatoms. The Hall–Kier alpha value is -1.10. The fraction of sp³-hybridized carbons (Fsp3) is 0.538. The third-order valence-electron chi connectivity index (χ3n) is 3.48. The lowest BCUT2D eigenvalue weighted by atomic mass is 9.79. The van der Waals surface area contributed by atoms with E-state index < -0.39 is 23.2 Å². The molecule has 0 atom stereocenters. The van der Waals surface area contributed by atoms with Gasteiger partial charge in [0.05, 0.1) is 11.2 Å². The van der Waals surface area contributed by atoms with E-state index in [4.69, 9.17) is 0 Å². The van der Waals surface area contributed by atoms with Gasteiger partial charge in [0, 0.05) is 5.56 Å². The van der Waals surface area contributed by atoms with Crippen LogP contribution in [-0.2, 0) is 11.8 Å². The lowest BCUT2D eigenvalue weighted by molar-refractivity contribution is -0.137. The molecule has 0 saturated heterocycles. The standard InChI is InChI=1S/C13H14F4O/c14-11-8-9(13(15,16)17)4-5-10(11)12(18)6-2-1-3-7-12/h4-5,8,18H,1-3,6-7H2. The minimum atomic E-state index is -4.56. The molecule has 1 fully saturated rings. The molecule has 1 nitrogen and oxygen atoms in total. The molecule has 0 amide bonds. The largest absolute Gasteiger partial charge is 0.416 e. The van der Waals surface area contributed by atoms with Gasteiger partial charge in [-0.1, -0.05) is 25.3 Å².